The highest BCUT2D eigenvalue weighted by Gasteiger charge is 2.58. The van der Waals surface area contributed by atoms with Gasteiger partial charge in [-0.1, -0.05) is 18.6 Å². The maximum atomic E-state index is 12.7. The van der Waals surface area contributed by atoms with E-state index in [9.17, 15) is 24.8 Å². The molecule has 3 rings (SSSR count). The Hall–Kier alpha value is -2.28. The van der Waals surface area contributed by atoms with E-state index < -0.39 is 22.4 Å². The van der Waals surface area contributed by atoms with Gasteiger partial charge in [0.2, 0.25) is 0 Å². The molecule has 2 saturated carbocycles. The number of rotatable bonds is 3. The average Bonchev–Trinajstić information content (AvgIpc) is 2.57. The quantitative estimate of drug-likeness (QED) is 0.515. The van der Waals surface area contributed by atoms with E-state index in [4.69, 9.17) is 4.74 Å². The van der Waals surface area contributed by atoms with Gasteiger partial charge >= 0.3 is 5.97 Å². The second-order valence-electron chi connectivity index (χ2n) is 6.57. The van der Waals surface area contributed by atoms with Gasteiger partial charge in [-0.05, 0) is 30.7 Å². The summed E-state index contributed by atoms with van der Waals surface area (Å²) in [5.41, 5.74) is -1.14. The zero-order valence-electron chi connectivity index (χ0n) is 13.3. The van der Waals surface area contributed by atoms with Crippen LogP contribution in [0, 0.1) is 22.0 Å². The van der Waals surface area contributed by atoms with E-state index in [1.807, 2.05) is 0 Å². The first-order valence-electron chi connectivity index (χ1n) is 7.97. The molecule has 4 atom stereocenters. The molecule has 2 aliphatic carbocycles. The number of aliphatic hydroxyl groups is 1. The lowest BCUT2D eigenvalue weighted by Gasteiger charge is -2.47. The highest BCUT2D eigenvalue weighted by molar-refractivity contribution is 5.94. The van der Waals surface area contributed by atoms with E-state index in [0.717, 1.165) is 12.0 Å². The fraction of sp³-hybridized carbons (Fsp3) is 0.529. The molecule has 2 bridgehead atoms. The first-order valence-corrected chi connectivity index (χ1v) is 7.97. The van der Waals surface area contributed by atoms with Crippen molar-refractivity contribution in [2.45, 2.75) is 37.2 Å². The van der Waals surface area contributed by atoms with Crippen molar-refractivity contribution in [3.8, 4) is 0 Å². The zero-order chi connectivity index (χ0) is 17.5. The predicted molar refractivity (Wildman–Crippen MR) is 83.3 cm³/mol. The van der Waals surface area contributed by atoms with Gasteiger partial charge < -0.3 is 9.84 Å². The minimum absolute atomic E-state index is 0.0364. The van der Waals surface area contributed by atoms with Crippen molar-refractivity contribution in [3.05, 3.63) is 39.9 Å². The largest absolute Gasteiger partial charge is 0.467 e. The Bertz CT molecular complexity index is 685. The van der Waals surface area contributed by atoms with Crippen LogP contribution >= 0.6 is 0 Å². The molecule has 7 heteroatoms. The van der Waals surface area contributed by atoms with Crippen LogP contribution in [-0.4, -0.2) is 34.5 Å². The third kappa shape index (κ3) is 2.49. The number of ketones is 1. The molecular formula is C17H19NO6. The molecule has 0 aliphatic heterocycles. The van der Waals surface area contributed by atoms with Gasteiger partial charge in [-0.2, -0.15) is 0 Å². The van der Waals surface area contributed by atoms with Gasteiger partial charge in [-0.3, -0.25) is 14.9 Å². The van der Waals surface area contributed by atoms with E-state index in [2.05, 4.69) is 0 Å². The van der Waals surface area contributed by atoms with Gasteiger partial charge in [-0.25, -0.2) is 4.79 Å². The molecule has 0 unspecified atom stereocenters. The van der Waals surface area contributed by atoms with Crippen molar-refractivity contribution < 1.29 is 24.4 Å². The van der Waals surface area contributed by atoms with Gasteiger partial charge in [0.1, 0.15) is 5.78 Å². The number of nitro benzene ring substituents is 1. The average molecular weight is 333 g/mol. The van der Waals surface area contributed by atoms with Gasteiger partial charge in [0.05, 0.1) is 18.0 Å². The first kappa shape index (κ1) is 16.6. The Morgan fingerprint density at radius 2 is 1.96 bits per heavy atom. The molecule has 0 radical (unpaired) electrons. The summed E-state index contributed by atoms with van der Waals surface area (Å²) in [6.07, 6.45) is 2.03. The molecule has 2 fully saturated rings. The lowest BCUT2D eigenvalue weighted by Crippen LogP contribution is -2.58. The second-order valence-corrected chi connectivity index (χ2v) is 6.57. The van der Waals surface area contributed by atoms with Crippen LogP contribution in [0.15, 0.2) is 24.3 Å². The number of carbonyl (C=O) groups excluding carboxylic acids is 2. The van der Waals surface area contributed by atoms with Crippen LogP contribution in [-0.2, 0) is 14.3 Å². The van der Waals surface area contributed by atoms with Gasteiger partial charge in [0, 0.05) is 18.1 Å². The summed E-state index contributed by atoms with van der Waals surface area (Å²) in [6, 6.07) is 5.96. The molecule has 0 heterocycles. The van der Waals surface area contributed by atoms with E-state index in [1.165, 1.54) is 19.2 Å². The highest BCUT2D eigenvalue weighted by Crippen LogP contribution is 2.50. The number of Topliss-reactive ketones (excluding diaryl/α,β-unsaturated/α-hetero) is 1. The van der Waals surface area contributed by atoms with Crippen LogP contribution in [0.25, 0.3) is 0 Å². The molecule has 0 saturated heterocycles. The Morgan fingerprint density at radius 3 is 2.54 bits per heavy atom. The van der Waals surface area contributed by atoms with E-state index >= 15 is 0 Å². The maximum Gasteiger partial charge on any atom is 0.338 e. The monoisotopic (exact) mass is 333 g/mol. The van der Waals surface area contributed by atoms with Crippen molar-refractivity contribution in [2.24, 2.45) is 11.8 Å². The third-order valence-electron chi connectivity index (χ3n) is 5.38. The minimum atomic E-state index is -1.82. The van der Waals surface area contributed by atoms with E-state index in [-0.39, 0.29) is 29.7 Å². The van der Waals surface area contributed by atoms with Crippen LogP contribution in [0.3, 0.4) is 0 Å². The van der Waals surface area contributed by atoms with Gasteiger partial charge in [-0.15, -0.1) is 0 Å². The number of nitrogens with zero attached hydrogens (tertiary/aromatic N) is 1. The van der Waals surface area contributed by atoms with E-state index in [1.54, 1.807) is 12.1 Å². The number of esters is 1. The molecular weight excluding hydrogens is 314 g/mol. The van der Waals surface area contributed by atoms with Crippen molar-refractivity contribution >= 4 is 17.4 Å². The van der Waals surface area contributed by atoms with Gasteiger partial charge in [0.25, 0.3) is 5.69 Å². The van der Waals surface area contributed by atoms with Crippen LogP contribution in [0.4, 0.5) is 5.69 Å². The number of nitro groups is 1. The zero-order valence-corrected chi connectivity index (χ0v) is 13.3. The van der Waals surface area contributed by atoms with Crippen molar-refractivity contribution in [1.82, 2.24) is 0 Å². The van der Waals surface area contributed by atoms with E-state index in [0.29, 0.717) is 12.8 Å². The molecule has 7 nitrogen and oxygen atoms in total. The maximum absolute atomic E-state index is 12.7. The summed E-state index contributed by atoms with van der Waals surface area (Å²) in [5.74, 6) is -2.23. The lowest BCUT2D eigenvalue weighted by molar-refractivity contribution is -0.384. The van der Waals surface area contributed by atoms with Crippen molar-refractivity contribution in [2.75, 3.05) is 7.11 Å². The fourth-order valence-corrected chi connectivity index (χ4v) is 4.17. The van der Waals surface area contributed by atoms with Gasteiger partial charge in [0.15, 0.2) is 5.60 Å². The normalized spacial score (nSPS) is 32.2. The van der Waals surface area contributed by atoms with Crippen LogP contribution in [0.2, 0.25) is 0 Å². The molecule has 0 aromatic heterocycles. The Balaban J connectivity index is 1.99. The van der Waals surface area contributed by atoms with Crippen LogP contribution in [0.1, 0.15) is 37.2 Å². The summed E-state index contributed by atoms with van der Waals surface area (Å²) in [4.78, 5) is 35.2. The smallest absolute Gasteiger partial charge is 0.338 e. The van der Waals surface area contributed by atoms with Crippen molar-refractivity contribution in [3.63, 3.8) is 0 Å². The summed E-state index contributed by atoms with van der Waals surface area (Å²) < 4.78 is 4.74. The number of hydrogen-bond donors (Lipinski definition) is 1. The molecule has 128 valence electrons. The predicted octanol–water partition coefficient (Wildman–Crippen LogP) is 1.97. The first-order chi connectivity index (χ1) is 11.4. The summed E-state index contributed by atoms with van der Waals surface area (Å²) in [5, 5.41) is 21.7. The van der Waals surface area contributed by atoms with Crippen LogP contribution in [0.5, 0.6) is 0 Å². The van der Waals surface area contributed by atoms with Crippen molar-refractivity contribution in [1.29, 1.82) is 0 Å². The highest BCUT2D eigenvalue weighted by atomic mass is 16.6. The molecule has 1 aromatic rings. The number of ether oxygens (including phenoxy) is 1. The number of non-ortho nitro benzene ring substituents is 1. The molecule has 1 N–H and O–H groups in total. The lowest BCUT2D eigenvalue weighted by atomic mass is 9.58. The molecule has 0 amide bonds. The SMILES string of the molecule is COC(=O)[C@]1(O)C[C@@H](c2ccc([N+](=O)[O-])cc2)[C@@H]2CCC[C@H]1C2=O. The number of fused-ring (bicyclic) bond motifs is 2. The third-order valence-corrected chi connectivity index (χ3v) is 5.38. The summed E-state index contributed by atoms with van der Waals surface area (Å²) in [6.45, 7) is 0. The number of hydrogen-bond acceptors (Lipinski definition) is 6. The van der Waals surface area contributed by atoms with Crippen LogP contribution < -0.4 is 0 Å². The molecule has 1 aromatic carbocycles. The molecule has 0 spiro atoms. The molecule has 24 heavy (non-hydrogen) atoms. The Morgan fingerprint density at radius 1 is 1.29 bits per heavy atom. The number of benzene rings is 1. The summed E-state index contributed by atoms with van der Waals surface area (Å²) >= 11 is 0. The minimum Gasteiger partial charge on any atom is -0.467 e. The molecule has 2 aliphatic rings. The number of methoxy groups -OCH3 is 1. The second kappa shape index (κ2) is 5.98. The standard InChI is InChI=1S/C17H19NO6/c1-24-16(20)17(21)9-13(12-3-2-4-14(17)15(12)19)10-5-7-11(8-6-10)18(22)23/h5-8,12-14,21H,2-4,9H2,1H3/t12-,13-,14-,17-/m0/s1. The Labute approximate surface area is 138 Å². The topological polar surface area (TPSA) is 107 Å². The Kier molecular flexibility index (Phi) is 4.13. The fourth-order valence-electron chi connectivity index (χ4n) is 4.17. The summed E-state index contributed by atoms with van der Waals surface area (Å²) in [7, 11) is 1.20. The number of carbonyl (C=O) groups is 2.